The van der Waals surface area contributed by atoms with Gasteiger partial charge in [0.1, 0.15) is 11.7 Å². The molecule has 0 aliphatic carbocycles. The molecule has 0 spiro atoms. The Morgan fingerprint density at radius 1 is 1.40 bits per heavy atom. The van der Waals surface area contributed by atoms with Gasteiger partial charge in [-0.2, -0.15) is 10.4 Å². The van der Waals surface area contributed by atoms with Crippen LogP contribution in [0.1, 0.15) is 43.8 Å². The Balaban J connectivity index is 2.01. The maximum atomic E-state index is 11.9. The van der Waals surface area contributed by atoms with Gasteiger partial charge in [0, 0.05) is 13.1 Å². The largest absolute Gasteiger partial charge is 0.444 e. The SMILES string of the molecule is Cc1nn(C2CN(C(=O)OC(C)(C)C)C2)c(C)c1C#N. The summed E-state index contributed by atoms with van der Waals surface area (Å²) in [7, 11) is 0. The quantitative estimate of drug-likeness (QED) is 0.788. The lowest BCUT2D eigenvalue weighted by Crippen LogP contribution is -2.52. The molecule has 0 radical (unpaired) electrons. The van der Waals surface area contributed by atoms with Crippen LogP contribution in [0.25, 0.3) is 0 Å². The van der Waals surface area contributed by atoms with Gasteiger partial charge in [-0.05, 0) is 34.6 Å². The van der Waals surface area contributed by atoms with Gasteiger partial charge < -0.3 is 9.64 Å². The van der Waals surface area contributed by atoms with Crippen molar-refractivity contribution in [2.75, 3.05) is 13.1 Å². The van der Waals surface area contributed by atoms with Gasteiger partial charge in [0.05, 0.1) is 23.0 Å². The number of rotatable bonds is 1. The number of carbonyl (C=O) groups excluding carboxylic acids is 1. The molecule has 1 aliphatic heterocycles. The molecule has 0 bridgehead atoms. The fraction of sp³-hybridized carbons (Fsp3) is 0.643. The van der Waals surface area contributed by atoms with E-state index in [0.29, 0.717) is 18.7 Å². The zero-order valence-corrected chi connectivity index (χ0v) is 12.6. The zero-order valence-electron chi connectivity index (χ0n) is 12.6. The van der Waals surface area contributed by atoms with E-state index in [9.17, 15) is 4.79 Å². The number of hydrogen-bond acceptors (Lipinski definition) is 4. The molecule has 2 rings (SSSR count). The highest BCUT2D eigenvalue weighted by atomic mass is 16.6. The number of nitrogens with zero attached hydrogens (tertiary/aromatic N) is 4. The highest BCUT2D eigenvalue weighted by Gasteiger charge is 2.36. The predicted octanol–water partition coefficient (Wildman–Crippen LogP) is 2.16. The van der Waals surface area contributed by atoms with E-state index in [2.05, 4.69) is 11.2 Å². The molecule has 2 heterocycles. The van der Waals surface area contributed by atoms with Crippen molar-refractivity contribution in [2.24, 2.45) is 0 Å². The molecule has 1 aromatic heterocycles. The minimum absolute atomic E-state index is 0.128. The fourth-order valence-corrected chi connectivity index (χ4v) is 2.27. The van der Waals surface area contributed by atoms with Gasteiger partial charge in [-0.3, -0.25) is 4.68 Å². The maximum absolute atomic E-state index is 11.9. The summed E-state index contributed by atoms with van der Waals surface area (Å²) in [5.74, 6) is 0. The van der Waals surface area contributed by atoms with E-state index >= 15 is 0 Å². The van der Waals surface area contributed by atoms with Crippen LogP contribution in [0.2, 0.25) is 0 Å². The monoisotopic (exact) mass is 276 g/mol. The smallest absolute Gasteiger partial charge is 0.410 e. The van der Waals surface area contributed by atoms with Crippen LogP contribution in [-0.2, 0) is 4.74 Å². The van der Waals surface area contributed by atoms with Crippen LogP contribution in [-0.4, -0.2) is 39.5 Å². The normalized spacial score (nSPS) is 15.7. The van der Waals surface area contributed by atoms with Crippen molar-refractivity contribution in [3.05, 3.63) is 17.0 Å². The second-order valence-electron chi connectivity index (χ2n) is 6.14. The average Bonchev–Trinajstić information content (AvgIpc) is 2.49. The number of amides is 1. The Kier molecular flexibility index (Phi) is 3.46. The number of nitriles is 1. The van der Waals surface area contributed by atoms with Crippen molar-refractivity contribution in [1.29, 1.82) is 5.26 Å². The molecule has 0 aromatic carbocycles. The first kappa shape index (κ1) is 14.4. The van der Waals surface area contributed by atoms with E-state index in [1.807, 2.05) is 39.3 Å². The van der Waals surface area contributed by atoms with E-state index in [1.165, 1.54) is 0 Å². The summed E-state index contributed by atoms with van der Waals surface area (Å²) in [4.78, 5) is 13.5. The molecular formula is C14H20N4O2. The summed E-state index contributed by atoms with van der Waals surface area (Å²) in [6.45, 7) is 10.4. The number of carbonyl (C=O) groups is 1. The molecule has 1 saturated heterocycles. The first-order valence-corrected chi connectivity index (χ1v) is 6.66. The van der Waals surface area contributed by atoms with Crippen LogP contribution in [0.5, 0.6) is 0 Å². The molecule has 1 fully saturated rings. The summed E-state index contributed by atoms with van der Waals surface area (Å²) in [5, 5.41) is 13.5. The molecule has 0 atom stereocenters. The molecule has 1 aromatic rings. The van der Waals surface area contributed by atoms with Crippen LogP contribution < -0.4 is 0 Å². The summed E-state index contributed by atoms with van der Waals surface area (Å²) in [5.41, 5.74) is 1.74. The molecule has 0 saturated carbocycles. The Hall–Kier alpha value is -2.03. The van der Waals surface area contributed by atoms with Crippen LogP contribution in [0.15, 0.2) is 0 Å². The molecule has 0 unspecified atom stereocenters. The lowest BCUT2D eigenvalue weighted by molar-refractivity contribution is -0.000683. The van der Waals surface area contributed by atoms with Gasteiger partial charge in [0.2, 0.25) is 0 Å². The Morgan fingerprint density at radius 3 is 2.45 bits per heavy atom. The Labute approximate surface area is 118 Å². The van der Waals surface area contributed by atoms with Crippen molar-refractivity contribution in [3.63, 3.8) is 0 Å². The number of aromatic nitrogens is 2. The number of ether oxygens (including phenoxy) is 1. The van der Waals surface area contributed by atoms with E-state index in [1.54, 1.807) is 4.90 Å². The minimum atomic E-state index is -0.478. The Bertz CT molecular complexity index is 571. The predicted molar refractivity (Wildman–Crippen MR) is 73.3 cm³/mol. The van der Waals surface area contributed by atoms with E-state index in [4.69, 9.17) is 10.00 Å². The van der Waals surface area contributed by atoms with Crippen LogP contribution >= 0.6 is 0 Å². The van der Waals surface area contributed by atoms with Gasteiger partial charge in [0.15, 0.2) is 0 Å². The number of aryl methyl sites for hydroxylation is 1. The lowest BCUT2D eigenvalue weighted by Gasteiger charge is -2.40. The van der Waals surface area contributed by atoms with Gasteiger partial charge in [-0.15, -0.1) is 0 Å². The van der Waals surface area contributed by atoms with E-state index in [-0.39, 0.29) is 12.1 Å². The first-order valence-electron chi connectivity index (χ1n) is 6.66. The summed E-state index contributed by atoms with van der Waals surface area (Å²) in [6, 6.07) is 2.29. The van der Waals surface area contributed by atoms with Crippen LogP contribution in [0, 0.1) is 25.2 Å². The van der Waals surface area contributed by atoms with Crippen LogP contribution in [0.3, 0.4) is 0 Å². The summed E-state index contributed by atoms with van der Waals surface area (Å²) >= 11 is 0. The molecule has 0 N–H and O–H groups in total. The maximum Gasteiger partial charge on any atom is 0.410 e. The molecule has 1 aliphatic rings. The first-order chi connectivity index (χ1) is 9.23. The molecule has 6 nitrogen and oxygen atoms in total. The Morgan fingerprint density at radius 2 is 2.00 bits per heavy atom. The van der Waals surface area contributed by atoms with Gasteiger partial charge in [-0.1, -0.05) is 0 Å². The number of hydrogen-bond donors (Lipinski definition) is 0. The van der Waals surface area contributed by atoms with Crippen molar-refractivity contribution in [1.82, 2.24) is 14.7 Å². The molecular weight excluding hydrogens is 256 g/mol. The third-order valence-electron chi connectivity index (χ3n) is 3.30. The molecule has 108 valence electrons. The fourth-order valence-electron chi connectivity index (χ4n) is 2.27. The summed E-state index contributed by atoms with van der Waals surface area (Å²) in [6.07, 6.45) is -0.296. The standard InChI is InChI=1S/C14H20N4O2/c1-9-12(6-15)10(2)18(16-9)11-7-17(8-11)13(19)20-14(3,4)5/h11H,7-8H2,1-5H3. The van der Waals surface area contributed by atoms with Crippen LogP contribution in [0.4, 0.5) is 4.79 Å². The number of likely N-dealkylation sites (tertiary alicyclic amines) is 1. The van der Waals surface area contributed by atoms with Crippen molar-refractivity contribution in [3.8, 4) is 6.07 Å². The topological polar surface area (TPSA) is 71.2 Å². The minimum Gasteiger partial charge on any atom is -0.444 e. The van der Waals surface area contributed by atoms with Gasteiger partial charge in [0.25, 0.3) is 0 Å². The molecule has 1 amide bonds. The third-order valence-corrected chi connectivity index (χ3v) is 3.30. The highest BCUT2D eigenvalue weighted by molar-refractivity contribution is 5.69. The van der Waals surface area contributed by atoms with E-state index < -0.39 is 5.60 Å². The average molecular weight is 276 g/mol. The van der Waals surface area contributed by atoms with Crippen molar-refractivity contribution >= 4 is 6.09 Å². The van der Waals surface area contributed by atoms with Crippen molar-refractivity contribution < 1.29 is 9.53 Å². The van der Waals surface area contributed by atoms with Crippen molar-refractivity contribution in [2.45, 2.75) is 46.3 Å². The zero-order chi connectivity index (χ0) is 15.1. The second-order valence-corrected chi connectivity index (χ2v) is 6.14. The third kappa shape index (κ3) is 2.62. The van der Waals surface area contributed by atoms with Gasteiger partial charge in [-0.25, -0.2) is 4.79 Å². The van der Waals surface area contributed by atoms with Gasteiger partial charge >= 0.3 is 6.09 Å². The molecule has 6 heteroatoms. The highest BCUT2D eigenvalue weighted by Crippen LogP contribution is 2.26. The lowest BCUT2D eigenvalue weighted by atomic mass is 10.1. The molecule has 20 heavy (non-hydrogen) atoms. The summed E-state index contributed by atoms with van der Waals surface area (Å²) < 4.78 is 7.15. The second kappa shape index (κ2) is 4.82. The van der Waals surface area contributed by atoms with E-state index in [0.717, 1.165) is 11.4 Å².